The lowest BCUT2D eigenvalue weighted by molar-refractivity contribution is -0.121. The first-order chi connectivity index (χ1) is 8.69. The summed E-state index contributed by atoms with van der Waals surface area (Å²) < 4.78 is 0. The average Bonchev–Trinajstić information content (AvgIpc) is 2.98. The Kier molecular flexibility index (Phi) is 4.49. The molecule has 0 aliphatic heterocycles. The van der Waals surface area contributed by atoms with Gasteiger partial charge in [-0.15, -0.1) is 11.3 Å². The predicted octanol–water partition coefficient (Wildman–Crippen LogP) is 3.33. The van der Waals surface area contributed by atoms with Crippen LogP contribution in [0.4, 0.5) is 0 Å². The van der Waals surface area contributed by atoms with Gasteiger partial charge in [0.25, 0.3) is 0 Å². The Hall–Kier alpha value is -1.20. The quantitative estimate of drug-likeness (QED) is 0.913. The fourth-order valence-corrected chi connectivity index (χ4v) is 3.03. The molecule has 1 atom stereocenters. The number of hydrogen-bond acceptors (Lipinski definition) is 4. The Bertz CT molecular complexity index is 505. The van der Waals surface area contributed by atoms with Gasteiger partial charge in [0.2, 0.25) is 5.91 Å². The zero-order valence-corrected chi connectivity index (χ0v) is 12.1. The lowest BCUT2D eigenvalue weighted by atomic mass is 10.2. The van der Waals surface area contributed by atoms with E-state index in [1.54, 1.807) is 22.7 Å². The molecule has 0 aliphatic rings. The number of aromatic nitrogens is 1. The number of amides is 1. The first-order valence-electron chi connectivity index (χ1n) is 5.95. The van der Waals surface area contributed by atoms with Crippen molar-refractivity contribution in [3.63, 3.8) is 0 Å². The van der Waals surface area contributed by atoms with Crippen molar-refractivity contribution in [1.82, 2.24) is 10.3 Å². The Morgan fingerprint density at radius 2 is 2.33 bits per heavy atom. The van der Waals surface area contributed by atoms with Crippen LogP contribution in [0.1, 0.15) is 26.0 Å². The van der Waals surface area contributed by atoms with E-state index in [9.17, 15) is 4.79 Å². The normalized spacial score (nSPS) is 12.3. The van der Waals surface area contributed by atoms with Crippen LogP contribution in [0.25, 0.3) is 10.6 Å². The monoisotopic (exact) mass is 280 g/mol. The molecule has 1 unspecified atom stereocenters. The number of thiazole rings is 1. The highest BCUT2D eigenvalue weighted by Gasteiger charge is 2.10. The molecule has 2 rings (SSSR count). The maximum Gasteiger partial charge on any atom is 0.226 e. The molecule has 1 amide bonds. The maximum atomic E-state index is 11.7. The number of thiophene rings is 1. The summed E-state index contributed by atoms with van der Waals surface area (Å²) in [4.78, 5) is 16.2. The molecule has 18 heavy (non-hydrogen) atoms. The van der Waals surface area contributed by atoms with Gasteiger partial charge in [-0.25, -0.2) is 4.98 Å². The van der Waals surface area contributed by atoms with Crippen molar-refractivity contribution in [1.29, 1.82) is 0 Å². The summed E-state index contributed by atoms with van der Waals surface area (Å²) in [6.45, 7) is 4.07. The second-order valence-electron chi connectivity index (χ2n) is 4.21. The smallest absolute Gasteiger partial charge is 0.226 e. The topological polar surface area (TPSA) is 42.0 Å². The standard InChI is InChI=1S/C13H16N2OS2/c1-3-9(2)14-12(16)6-11-8-18-13(15-11)10-4-5-17-7-10/h4-5,7-9H,3,6H2,1-2H3,(H,14,16). The minimum absolute atomic E-state index is 0.0477. The Morgan fingerprint density at radius 3 is 3.00 bits per heavy atom. The van der Waals surface area contributed by atoms with Crippen molar-refractivity contribution in [2.45, 2.75) is 32.7 Å². The third kappa shape index (κ3) is 3.40. The molecule has 3 nitrogen and oxygen atoms in total. The Balaban J connectivity index is 1.97. The van der Waals surface area contributed by atoms with Crippen LogP contribution in [0, 0.1) is 0 Å². The molecule has 96 valence electrons. The van der Waals surface area contributed by atoms with Gasteiger partial charge in [-0.05, 0) is 24.8 Å². The Morgan fingerprint density at radius 1 is 1.50 bits per heavy atom. The number of carbonyl (C=O) groups is 1. The summed E-state index contributed by atoms with van der Waals surface area (Å²) in [6, 6.07) is 2.28. The fraction of sp³-hybridized carbons (Fsp3) is 0.385. The molecule has 0 radical (unpaired) electrons. The van der Waals surface area contributed by atoms with Crippen molar-refractivity contribution in [3.05, 3.63) is 27.9 Å². The van der Waals surface area contributed by atoms with E-state index < -0.39 is 0 Å². The van der Waals surface area contributed by atoms with Gasteiger partial charge < -0.3 is 5.32 Å². The molecule has 1 N–H and O–H groups in total. The maximum absolute atomic E-state index is 11.7. The van der Waals surface area contributed by atoms with Crippen LogP contribution in [0.3, 0.4) is 0 Å². The van der Waals surface area contributed by atoms with Crippen LogP contribution >= 0.6 is 22.7 Å². The third-order valence-electron chi connectivity index (χ3n) is 2.68. The highest BCUT2D eigenvalue weighted by Crippen LogP contribution is 2.25. The van der Waals surface area contributed by atoms with E-state index in [0.29, 0.717) is 6.42 Å². The van der Waals surface area contributed by atoms with Crippen LogP contribution in [0.5, 0.6) is 0 Å². The first-order valence-corrected chi connectivity index (χ1v) is 7.77. The summed E-state index contributed by atoms with van der Waals surface area (Å²) in [5, 5.41) is 10.0. The van der Waals surface area contributed by atoms with E-state index in [-0.39, 0.29) is 11.9 Å². The molecule has 2 heterocycles. The van der Waals surface area contributed by atoms with Crippen molar-refractivity contribution in [2.24, 2.45) is 0 Å². The van der Waals surface area contributed by atoms with E-state index in [1.807, 2.05) is 23.8 Å². The SMILES string of the molecule is CCC(C)NC(=O)Cc1csc(-c2ccsc2)n1. The van der Waals surface area contributed by atoms with Crippen LogP contribution in [-0.4, -0.2) is 16.9 Å². The van der Waals surface area contributed by atoms with Crippen LogP contribution in [0.15, 0.2) is 22.2 Å². The second-order valence-corrected chi connectivity index (χ2v) is 5.85. The third-order valence-corrected chi connectivity index (χ3v) is 4.30. The van der Waals surface area contributed by atoms with Crippen molar-refractivity contribution in [3.8, 4) is 10.6 Å². The lowest BCUT2D eigenvalue weighted by Gasteiger charge is -2.10. The van der Waals surface area contributed by atoms with Crippen LogP contribution < -0.4 is 5.32 Å². The zero-order chi connectivity index (χ0) is 13.0. The number of nitrogens with one attached hydrogen (secondary N) is 1. The fourth-order valence-electron chi connectivity index (χ4n) is 1.50. The number of carbonyl (C=O) groups excluding carboxylic acids is 1. The van der Waals surface area contributed by atoms with Gasteiger partial charge in [0.15, 0.2) is 0 Å². The van der Waals surface area contributed by atoms with Gasteiger partial charge in [0, 0.05) is 22.4 Å². The zero-order valence-electron chi connectivity index (χ0n) is 10.5. The molecule has 0 aromatic carbocycles. The molecule has 2 aromatic rings. The molecular formula is C13H16N2OS2. The molecule has 0 aliphatic carbocycles. The molecule has 0 fully saturated rings. The molecule has 2 aromatic heterocycles. The van der Waals surface area contributed by atoms with E-state index >= 15 is 0 Å². The van der Waals surface area contributed by atoms with Crippen LogP contribution in [-0.2, 0) is 11.2 Å². The summed E-state index contributed by atoms with van der Waals surface area (Å²) in [5.41, 5.74) is 1.99. The number of nitrogens with zero attached hydrogens (tertiary/aromatic N) is 1. The largest absolute Gasteiger partial charge is 0.353 e. The molecule has 5 heteroatoms. The molecule has 0 bridgehead atoms. The van der Waals surface area contributed by atoms with Gasteiger partial charge in [-0.3, -0.25) is 4.79 Å². The van der Waals surface area contributed by atoms with Crippen molar-refractivity contribution in [2.75, 3.05) is 0 Å². The first kappa shape index (κ1) is 13.2. The highest BCUT2D eigenvalue weighted by molar-refractivity contribution is 7.14. The van der Waals surface area contributed by atoms with E-state index in [4.69, 9.17) is 0 Å². The molecular weight excluding hydrogens is 264 g/mol. The van der Waals surface area contributed by atoms with Gasteiger partial charge in [-0.1, -0.05) is 6.92 Å². The van der Waals surface area contributed by atoms with Crippen molar-refractivity contribution < 1.29 is 4.79 Å². The number of rotatable bonds is 5. The number of hydrogen-bond donors (Lipinski definition) is 1. The van der Waals surface area contributed by atoms with Gasteiger partial charge >= 0.3 is 0 Å². The van der Waals surface area contributed by atoms with Gasteiger partial charge in [0.1, 0.15) is 5.01 Å². The minimum Gasteiger partial charge on any atom is -0.353 e. The Labute approximate surface area is 115 Å². The van der Waals surface area contributed by atoms with Gasteiger partial charge in [0.05, 0.1) is 12.1 Å². The van der Waals surface area contributed by atoms with Crippen LogP contribution in [0.2, 0.25) is 0 Å². The minimum atomic E-state index is 0.0477. The molecule has 0 saturated heterocycles. The highest BCUT2D eigenvalue weighted by atomic mass is 32.1. The average molecular weight is 280 g/mol. The van der Waals surface area contributed by atoms with E-state index in [2.05, 4.69) is 22.6 Å². The van der Waals surface area contributed by atoms with E-state index in [0.717, 1.165) is 22.7 Å². The predicted molar refractivity (Wildman–Crippen MR) is 77.0 cm³/mol. The summed E-state index contributed by atoms with van der Waals surface area (Å²) in [5.74, 6) is 0.0477. The summed E-state index contributed by atoms with van der Waals surface area (Å²) in [7, 11) is 0. The second kappa shape index (κ2) is 6.11. The molecule has 0 spiro atoms. The molecule has 0 saturated carbocycles. The van der Waals surface area contributed by atoms with E-state index in [1.165, 1.54) is 0 Å². The van der Waals surface area contributed by atoms with Crippen molar-refractivity contribution >= 4 is 28.6 Å². The lowest BCUT2D eigenvalue weighted by Crippen LogP contribution is -2.33. The summed E-state index contributed by atoms with van der Waals surface area (Å²) >= 11 is 3.25. The summed E-state index contributed by atoms with van der Waals surface area (Å²) in [6.07, 6.45) is 1.31. The van der Waals surface area contributed by atoms with Gasteiger partial charge in [-0.2, -0.15) is 11.3 Å².